The number of alkyl halides is 2. The van der Waals surface area contributed by atoms with Gasteiger partial charge in [0, 0.05) is 5.56 Å². The molecule has 0 unspecified atom stereocenters. The molecule has 21 heavy (non-hydrogen) atoms. The van der Waals surface area contributed by atoms with Crippen LogP contribution >= 0.6 is 22.6 Å². The normalized spacial score (nSPS) is 10.7. The van der Waals surface area contributed by atoms with E-state index in [0.29, 0.717) is 0 Å². The van der Waals surface area contributed by atoms with E-state index in [9.17, 15) is 18.7 Å². The van der Waals surface area contributed by atoms with E-state index >= 15 is 0 Å². The Bertz CT molecular complexity index is 721. The standard InChI is InChI=1S/C12H9F2IN2O4/c1-20-6-3-2-5(4-7(6)21-12(13)14)9-16-10(18)8(15)11(19)17-9/h2-4,12H,1H3,(H2,16,17,18,19). The SMILES string of the molecule is COc1ccc(-c2nc(O)c(I)c(=O)[nH]2)cc1OC(F)F. The number of hydrogen-bond donors (Lipinski definition) is 2. The Morgan fingerprint density at radius 3 is 2.67 bits per heavy atom. The largest absolute Gasteiger partial charge is 0.493 e. The van der Waals surface area contributed by atoms with Crippen molar-refractivity contribution in [3.8, 4) is 28.8 Å². The first-order chi connectivity index (χ1) is 9.92. The number of aromatic amines is 1. The van der Waals surface area contributed by atoms with Gasteiger partial charge in [-0.2, -0.15) is 13.8 Å². The van der Waals surface area contributed by atoms with Crippen LogP contribution in [0.4, 0.5) is 8.78 Å². The summed E-state index contributed by atoms with van der Waals surface area (Å²) in [4.78, 5) is 17.8. The zero-order valence-electron chi connectivity index (χ0n) is 10.6. The maximum absolute atomic E-state index is 12.4. The zero-order valence-corrected chi connectivity index (χ0v) is 12.7. The average molecular weight is 410 g/mol. The highest BCUT2D eigenvalue weighted by atomic mass is 127. The van der Waals surface area contributed by atoms with E-state index in [-0.39, 0.29) is 26.5 Å². The van der Waals surface area contributed by atoms with Gasteiger partial charge in [-0.25, -0.2) is 0 Å². The molecule has 0 bridgehead atoms. The summed E-state index contributed by atoms with van der Waals surface area (Å²) in [5.74, 6) is -0.511. The zero-order chi connectivity index (χ0) is 15.6. The summed E-state index contributed by atoms with van der Waals surface area (Å²) in [5.41, 5.74) is -0.250. The van der Waals surface area contributed by atoms with Crippen molar-refractivity contribution in [1.82, 2.24) is 9.97 Å². The summed E-state index contributed by atoms with van der Waals surface area (Å²) < 4.78 is 34.0. The van der Waals surface area contributed by atoms with E-state index in [1.165, 1.54) is 25.3 Å². The van der Waals surface area contributed by atoms with Crippen LogP contribution in [0.15, 0.2) is 23.0 Å². The molecule has 0 spiro atoms. The van der Waals surface area contributed by atoms with Crippen molar-refractivity contribution in [2.75, 3.05) is 7.11 Å². The van der Waals surface area contributed by atoms with Crippen LogP contribution in [-0.2, 0) is 0 Å². The molecule has 0 radical (unpaired) electrons. The number of ether oxygens (including phenoxy) is 2. The van der Waals surface area contributed by atoms with Crippen LogP contribution in [0.3, 0.4) is 0 Å². The van der Waals surface area contributed by atoms with E-state index < -0.39 is 18.1 Å². The van der Waals surface area contributed by atoms with Gasteiger partial charge in [0.2, 0.25) is 5.88 Å². The van der Waals surface area contributed by atoms with E-state index in [1.807, 2.05) is 0 Å². The Hall–Kier alpha value is -1.91. The summed E-state index contributed by atoms with van der Waals surface area (Å²) in [5, 5.41) is 9.54. The monoisotopic (exact) mass is 410 g/mol. The minimum absolute atomic E-state index is 0.0275. The molecule has 1 aromatic heterocycles. The number of aromatic hydroxyl groups is 1. The molecule has 0 aliphatic rings. The third-order valence-corrected chi connectivity index (χ3v) is 3.47. The lowest BCUT2D eigenvalue weighted by molar-refractivity contribution is -0.0511. The van der Waals surface area contributed by atoms with Gasteiger partial charge in [-0.1, -0.05) is 0 Å². The minimum atomic E-state index is -3.02. The minimum Gasteiger partial charge on any atom is -0.493 e. The Labute approximate surface area is 130 Å². The van der Waals surface area contributed by atoms with Crippen LogP contribution < -0.4 is 15.0 Å². The van der Waals surface area contributed by atoms with Gasteiger partial charge in [-0.3, -0.25) is 4.79 Å². The van der Waals surface area contributed by atoms with Crippen molar-refractivity contribution < 1.29 is 23.4 Å². The topological polar surface area (TPSA) is 84.4 Å². The Morgan fingerprint density at radius 2 is 2.10 bits per heavy atom. The lowest BCUT2D eigenvalue weighted by Gasteiger charge is -2.11. The molecule has 1 aromatic carbocycles. The smallest absolute Gasteiger partial charge is 0.387 e. The van der Waals surface area contributed by atoms with Crippen molar-refractivity contribution in [3.63, 3.8) is 0 Å². The molecule has 0 saturated carbocycles. The van der Waals surface area contributed by atoms with Crippen molar-refractivity contribution in [3.05, 3.63) is 32.1 Å². The molecule has 2 aromatic rings. The van der Waals surface area contributed by atoms with E-state index in [1.54, 1.807) is 22.6 Å². The van der Waals surface area contributed by atoms with Gasteiger partial charge < -0.3 is 19.6 Å². The van der Waals surface area contributed by atoms with Crippen molar-refractivity contribution >= 4 is 22.6 Å². The molecule has 0 aliphatic heterocycles. The van der Waals surface area contributed by atoms with Crippen molar-refractivity contribution in [1.29, 1.82) is 0 Å². The predicted octanol–water partition coefficient (Wildman–Crippen LogP) is 2.36. The summed E-state index contributed by atoms with van der Waals surface area (Å²) in [6, 6.07) is 4.11. The molecule has 0 amide bonds. The summed E-state index contributed by atoms with van der Waals surface area (Å²) in [7, 11) is 1.31. The second-order valence-electron chi connectivity index (χ2n) is 3.80. The molecule has 0 atom stereocenters. The van der Waals surface area contributed by atoms with Gasteiger partial charge >= 0.3 is 6.61 Å². The number of hydrogen-bond acceptors (Lipinski definition) is 5. The van der Waals surface area contributed by atoms with Crippen LogP contribution in [0.5, 0.6) is 17.4 Å². The predicted molar refractivity (Wildman–Crippen MR) is 77.9 cm³/mol. The van der Waals surface area contributed by atoms with E-state index in [2.05, 4.69) is 14.7 Å². The van der Waals surface area contributed by atoms with E-state index in [0.717, 1.165) is 0 Å². The molecule has 0 fully saturated rings. The molecule has 0 aliphatic carbocycles. The van der Waals surface area contributed by atoms with Gasteiger partial charge in [0.1, 0.15) is 9.39 Å². The van der Waals surface area contributed by atoms with Crippen LogP contribution in [0.2, 0.25) is 0 Å². The summed E-state index contributed by atoms with van der Waals surface area (Å²) >= 11 is 1.64. The van der Waals surface area contributed by atoms with Crippen LogP contribution in [0.25, 0.3) is 11.4 Å². The summed E-state index contributed by atoms with van der Waals surface area (Å²) in [6.07, 6.45) is 0. The van der Waals surface area contributed by atoms with Crippen molar-refractivity contribution in [2.24, 2.45) is 0 Å². The quantitative estimate of drug-likeness (QED) is 0.757. The number of nitrogens with one attached hydrogen (secondary N) is 1. The van der Waals surface area contributed by atoms with Crippen LogP contribution in [0.1, 0.15) is 0 Å². The molecular weight excluding hydrogens is 401 g/mol. The second-order valence-corrected chi connectivity index (χ2v) is 4.88. The highest BCUT2D eigenvalue weighted by Crippen LogP contribution is 2.32. The third kappa shape index (κ3) is 3.40. The van der Waals surface area contributed by atoms with Gasteiger partial charge in [-0.15, -0.1) is 0 Å². The van der Waals surface area contributed by atoms with E-state index in [4.69, 9.17) is 4.74 Å². The number of methoxy groups -OCH3 is 1. The molecule has 2 N–H and O–H groups in total. The maximum atomic E-state index is 12.4. The van der Waals surface area contributed by atoms with Crippen LogP contribution in [0, 0.1) is 3.57 Å². The Balaban J connectivity index is 2.52. The number of halogens is 3. The molecule has 6 nitrogen and oxygen atoms in total. The molecule has 1 heterocycles. The summed E-state index contributed by atoms with van der Waals surface area (Å²) in [6.45, 7) is -3.02. The van der Waals surface area contributed by atoms with Crippen LogP contribution in [-0.4, -0.2) is 28.8 Å². The number of aromatic nitrogens is 2. The fourth-order valence-corrected chi connectivity index (χ4v) is 1.85. The first-order valence-electron chi connectivity index (χ1n) is 5.54. The van der Waals surface area contributed by atoms with Gasteiger partial charge in [-0.05, 0) is 40.8 Å². The first-order valence-corrected chi connectivity index (χ1v) is 6.62. The highest BCUT2D eigenvalue weighted by molar-refractivity contribution is 14.1. The number of nitrogens with zero attached hydrogens (tertiary/aromatic N) is 1. The molecule has 112 valence electrons. The van der Waals surface area contributed by atoms with Gasteiger partial charge in [0.25, 0.3) is 5.56 Å². The molecule has 2 rings (SSSR count). The van der Waals surface area contributed by atoms with Crippen molar-refractivity contribution in [2.45, 2.75) is 6.61 Å². The first kappa shape index (κ1) is 15.5. The second kappa shape index (κ2) is 6.24. The van der Waals surface area contributed by atoms with Gasteiger partial charge in [0.15, 0.2) is 11.5 Å². The highest BCUT2D eigenvalue weighted by Gasteiger charge is 2.14. The number of benzene rings is 1. The number of H-pyrrole nitrogens is 1. The third-order valence-electron chi connectivity index (χ3n) is 2.50. The lowest BCUT2D eigenvalue weighted by Crippen LogP contribution is -2.12. The Kier molecular flexibility index (Phi) is 4.60. The fourth-order valence-electron chi connectivity index (χ4n) is 1.60. The molecule has 0 saturated heterocycles. The van der Waals surface area contributed by atoms with Gasteiger partial charge in [0.05, 0.1) is 7.11 Å². The maximum Gasteiger partial charge on any atom is 0.387 e. The fraction of sp³-hybridized carbons (Fsp3) is 0.167. The number of rotatable bonds is 4. The molecule has 9 heteroatoms. The Morgan fingerprint density at radius 1 is 1.38 bits per heavy atom. The lowest BCUT2D eigenvalue weighted by atomic mass is 10.2. The molecular formula is C12H9F2IN2O4. The average Bonchev–Trinajstić information content (AvgIpc) is 2.43.